The average molecular weight is 501 g/mol. The average Bonchev–Trinajstić information content (AvgIpc) is 2.80. The van der Waals surface area contributed by atoms with Crippen LogP contribution in [0.25, 0.3) is 0 Å². The minimum atomic E-state index is -0.853. The Labute approximate surface area is 204 Å². The number of aliphatic hydroxyl groups excluding tert-OH is 1. The first-order valence-electron chi connectivity index (χ1n) is 10.2. The van der Waals surface area contributed by atoms with E-state index in [-0.39, 0.29) is 26.9 Å². The Morgan fingerprint density at radius 3 is 2.74 bits per heavy atom. The lowest BCUT2D eigenvalue weighted by molar-refractivity contribution is 0.141. The summed E-state index contributed by atoms with van der Waals surface area (Å²) in [6.45, 7) is 2.46. The Balaban J connectivity index is 1.61. The highest BCUT2D eigenvalue weighted by molar-refractivity contribution is 6.35. The van der Waals surface area contributed by atoms with Gasteiger partial charge in [-0.05, 0) is 31.2 Å². The van der Waals surface area contributed by atoms with Crippen molar-refractivity contribution in [3.05, 3.63) is 74.9 Å². The topological polar surface area (TPSA) is 132 Å². The summed E-state index contributed by atoms with van der Waals surface area (Å²) in [5.74, 6) is -0.0414. The molecule has 1 saturated heterocycles. The molecule has 34 heavy (non-hydrogen) atoms. The number of nitrogens with zero attached hydrogens (tertiary/aromatic N) is 4. The Bertz CT molecular complexity index is 1320. The molecule has 3 heterocycles. The van der Waals surface area contributed by atoms with E-state index in [1.54, 1.807) is 36.1 Å². The van der Waals surface area contributed by atoms with Crippen LogP contribution >= 0.6 is 23.2 Å². The molecule has 8 nitrogen and oxygen atoms in total. The Morgan fingerprint density at radius 2 is 2.06 bits per heavy atom. The second kappa shape index (κ2) is 9.43. The van der Waals surface area contributed by atoms with Crippen molar-refractivity contribution in [1.29, 1.82) is 10.7 Å². The molecular weight excluding hydrogens is 482 g/mol. The van der Waals surface area contributed by atoms with E-state index >= 15 is 0 Å². The SMILES string of the molecule is C[C@@H](Oc1ccc(N)c(C(=N)c2cnc(N3CC(O)C3)c(C#N)c2)c1)c1c(Cl)cnc(F)c1Cl. The van der Waals surface area contributed by atoms with E-state index in [9.17, 15) is 14.8 Å². The summed E-state index contributed by atoms with van der Waals surface area (Å²) in [6, 6.07) is 8.41. The van der Waals surface area contributed by atoms with Crippen molar-refractivity contribution in [2.75, 3.05) is 23.7 Å². The van der Waals surface area contributed by atoms with Gasteiger partial charge >= 0.3 is 0 Å². The number of β-amino-alcohol motifs (C(OH)–C–C–N with tert-alkyl or cyclic N) is 1. The smallest absolute Gasteiger partial charge is 0.232 e. The normalized spacial score (nSPS) is 14.3. The van der Waals surface area contributed by atoms with Crippen LogP contribution < -0.4 is 15.4 Å². The van der Waals surface area contributed by atoms with E-state index < -0.39 is 18.2 Å². The number of aromatic nitrogens is 2. The lowest BCUT2D eigenvalue weighted by Gasteiger charge is -2.37. The molecule has 0 unspecified atom stereocenters. The van der Waals surface area contributed by atoms with Gasteiger partial charge in [0.25, 0.3) is 0 Å². The fourth-order valence-electron chi connectivity index (χ4n) is 3.63. The number of pyridine rings is 2. The minimum Gasteiger partial charge on any atom is -0.486 e. The zero-order valence-electron chi connectivity index (χ0n) is 17.9. The predicted molar refractivity (Wildman–Crippen MR) is 127 cm³/mol. The van der Waals surface area contributed by atoms with Gasteiger partial charge in [-0.25, -0.2) is 9.97 Å². The molecule has 0 amide bonds. The number of hydrogen-bond donors (Lipinski definition) is 3. The first-order chi connectivity index (χ1) is 16.2. The van der Waals surface area contributed by atoms with Crippen LogP contribution in [0.15, 0.2) is 36.7 Å². The first kappa shape index (κ1) is 23.7. The third-order valence-corrected chi connectivity index (χ3v) is 6.08. The van der Waals surface area contributed by atoms with Gasteiger partial charge in [0, 0.05) is 47.9 Å². The number of anilines is 2. The molecule has 0 saturated carbocycles. The largest absolute Gasteiger partial charge is 0.486 e. The fraction of sp³-hybridized carbons (Fsp3) is 0.217. The van der Waals surface area contributed by atoms with Crippen LogP contribution in [-0.2, 0) is 0 Å². The van der Waals surface area contributed by atoms with Gasteiger partial charge in [0.1, 0.15) is 28.8 Å². The number of benzene rings is 1. The van der Waals surface area contributed by atoms with Crippen LogP contribution in [0.2, 0.25) is 10.0 Å². The number of ether oxygens (including phenoxy) is 1. The van der Waals surface area contributed by atoms with E-state index in [4.69, 9.17) is 39.1 Å². The molecule has 1 fully saturated rings. The van der Waals surface area contributed by atoms with Crippen LogP contribution in [-0.4, -0.2) is 40.0 Å². The molecule has 11 heteroatoms. The van der Waals surface area contributed by atoms with Gasteiger partial charge in [-0.3, -0.25) is 5.41 Å². The first-order valence-corrected chi connectivity index (χ1v) is 10.9. The van der Waals surface area contributed by atoms with Crippen LogP contribution in [0.5, 0.6) is 5.75 Å². The zero-order valence-corrected chi connectivity index (χ0v) is 19.4. The van der Waals surface area contributed by atoms with Crippen LogP contribution in [0.3, 0.4) is 0 Å². The Morgan fingerprint density at radius 1 is 1.32 bits per heavy atom. The highest BCUT2D eigenvalue weighted by Gasteiger charge is 2.28. The van der Waals surface area contributed by atoms with Gasteiger partial charge in [0.15, 0.2) is 0 Å². The minimum absolute atomic E-state index is 0.0424. The van der Waals surface area contributed by atoms with E-state index in [0.29, 0.717) is 41.5 Å². The number of aliphatic hydroxyl groups is 1. The third-order valence-electron chi connectivity index (χ3n) is 5.42. The second-order valence-electron chi connectivity index (χ2n) is 7.77. The lowest BCUT2D eigenvalue weighted by Crippen LogP contribution is -2.51. The molecule has 2 aromatic heterocycles. The molecule has 0 bridgehead atoms. The molecule has 1 aliphatic rings. The number of nitrogen functional groups attached to an aromatic ring is 1. The molecule has 3 aromatic rings. The van der Waals surface area contributed by atoms with Gasteiger partial charge in [-0.1, -0.05) is 23.2 Å². The van der Waals surface area contributed by atoms with Gasteiger partial charge < -0.3 is 20.5 Å². The molecule has 1 aromatic carbocycles. The highest BCUT2D eigenvalue weighted by atomic mass is 35.5. The lowest BCUT2D eigenvalue weighted by atomic mass is 10.00. The maximum absolute atomic E-state index is 13.8. The summed E-state index contributed by atoms with van der Waals surface area (Å²) in [7, 11) is 0. The number of rotatable bonds is 6. The van der Waals surface area contributed by atoms with E-state index in [1.165, 1.54) is 6.20 Å². The molecule has 174 valence electrons. The van der Waals surface area contributed by atoms with Crippen molar-refractivity contribution in [1.82, 2.24) is 9.97 Å². The molecular formula is C23H19Cl2FN6O2. The van der Waals surface area contributed by atoms with E-state index in [2.05, 4.69) is 16.0 Å². The monoisotopic (exact) mass is 500 g/mol. The fourth-order valence-corrected chi connectivity index (χ4v) is 4.28. The number of hydrogen-bond acceptors (Lipinski definition) is 8. The highest BCUT2D eigenvalue weighted by Crippen LogP contribution is 2.35. The maximum Gasteiger partial charge on any atom is 0.232 e. The summed E-state index contributed by atoms with van der Waals surface area (Å²) in [5, 5.41) is 27.7. The van der Waals surface area contributed by atoms with Gasteiger partial charge in [-0.2, -0.15) is 9.65 Å². The number of nitrogens with two attached hydrogens (primary N) is 1. The second-order valence-corrected chi connectivity index (χ2v) is 8.56. The standard InChI is InChI=1S/C23H19Cl2FN6O2/c1-11(19-17(24)8-30-22(26)20(19)25)34-15-2-3-18(28)16(5-15)21(29)13-4-12(6-27)23(31-7-13)32-9-14(33)10-32/h2-5,7-8,11,14,29,33H,9-10,28H2,1H3/t11-/m1/s1. The molecule has 0 spiro atoms. The van der Waals surface area contributed by atoms with Crippen molar-refractivity contribution in [3.63, 3.8) is 0 Å². The van der Waals surface area contributed by atoms with Crippen molar-refractivity contribution in [2.45, 2.75) is 19.1 Å². The van der Waals surface area contributed by atoms with Crippen LogP contribution in [0.1, 0.15) is 35.3 Å². The summed E-state index contributed by atoms with van der Waals surface area (Å²) < 4.78 is 19.7. The summed E-state index contributed by atoms with van der Waals surface area (Å²) in [6.07, 6.45) is 1.48. The molecule has 4 N–H and O–H groups in total. The van der Waals surface area contributed by atoms with Crippen molar-refractivity contribution in [3.8, 4) is 11.8 Å². The molecule has 0 aliphatic carbocycles. The van der Waals surface area contributed by atoms with Crippen molar-refractivity contribution in [2.24, 2.45) is 0 Å². The molecule has 1 atom stereocenters. The summed E-state index contributed by atoms with van der Waals surface area (Å²) in [5.41, 5.74) is 7.77. The number of halogens is 3. The van der Waals surface area contributed by atoms with Gasteiger partial charge in [-0.15, -0.1) is 0 Å². The quantitative estimate of drug-likeness (QED) is 0.263. The van der Waals surface area contributed by atoms with Crippen LogP contribution in [0, 0.1) is 22.7 Å². The number of nitriles is 1. The third kappa shape index (κ3) is 4.48. The zero-order chi connectivity index (χ0) is 24.6. The van der Waals surface area contributed by atoms with E-state index in [1.807, 2.05) is 0 Å². The van der Waals surface area contributed by atoms with Gasteiger partial charge in [0.05, 0.1) is 22.4 Å². The summed E-state index contributed by atoms with van der Waals surface area (Å²) >= 11 is 12.2. The maximum atomic E-state index is 13.8. The Hall–Kier alpha value is -3.45. The van der Waals surface area contributed by atoms with Crippen molar-refractivity contribution >= 4 is 40.4 Å². The van der Waals surface area contributed by atoms with Crippen LogP contribution in [0.4, 0.5) is 15.9 Å². The van der Waals surface area contributed by atoms with Gasteiger partial charge in [0.2, 0.25) is 5.95 Å². The molecule has 0 radical (unpaired) electrons. The molecule has 1 aliphatic heterocycles. The predicted octanol–water partition coefficient (Wildman–Crippen LogP) is 4.11. The number of nitrogens with one attached hydrogen (secondary N) is 1. The summed E-state index contributed by atoms with van der Waals surface area (Å²) in [4.78, 5) is 9.60. The molecule has 4 rings (SSSR count). The Kier molecular flexibility index (Phi) is 6.57. The van der Waals surface area contributed by atoms with Crippen molar-refractivity contribution < 1.29 is 14.2 Å². The van der Waals surface area contributed by atoms with E-state index in [0.717, 1.165) is 6.20 Å².